The maximum Gasteiger partial charge on any atom is 0.410 e. The maximum absolute atomic E-state index is 17.2. The molecule has 14 nitrogen and oxygen atoms in total. The summed E-state index contributed by atoms with van der Waals surface area (Å²) in [6.45, 7) is 21.3. The predicted octanol–water partition coefficient (Wildman–Crippen LogP) is 9.55. The quantitative estimate of drug-likeness (QED) is 0.0411. The number of rotatable bonds is 13. The van der Waals surface area contributed by atoms with Crippen molar-refractivity contribution in [3.63, 3.8) is 0 Å². The second-order valence-corrected chi connectivity index (χ2v) is 20.9. The fourth-order valence-corrected chi connectivity index (χ4v) is 9.57. The summed E-state index contributed by atoms with van der Waals surface area (Å²) in [5.74, 6) is -1.16. The van der Waals surface area contributed by atoms with Gasteiger partial charge < -0.3 is 33.4 Å². The Morgan fingerprint density at radius 2 is 1.67 bits per heavy atom. The molecule has 2 aromatic carbocycles. The van der Waals surface area contributed by atoms with Crippen LogP contribution in [0.2, 0.25) is 5.02 Å². The van der Waals surface area contributed by atoms with Crippen LogP contribution in [0.3, 0.4) is 0 Å². The third-order valence-electron chi connectivity index (χ3n) is 11.1. The van der Waals surface area contributed by atoms with E-state index in [1.165, 1.54) is 18.6 Å². The Labute approximate surface area is 416 Å². The molecule has 3 aliphatic heterocycles. The minimum atomic E-state index is -0.756. The largest absolute Gasteiger partial charge is 0.649 e. The van der Waals surface area contributed by atoms with Crippen LogP contribution in [0.1, 0.15) is 106 Å². The van der Waals surface area contributed by atoms with Gasteiger partial charge in [-0.2, -0.15) is 9.97 Å². The molecule has 67 heavy (non-hydrogen) atoms. The van der Waals surface area contributed by atoms with E-state index in [0.717, 1.165) is 56.5 Å². The molecule has 0 N–H and O–H groups in total. The number of fused-ring (bicyclic) bond motifs is 4. The molecular weight excluding hydrogens is 1090 g/mol. The molecule has 0 aliphatic carbocycles. The molecule has 1 radical (unpaired) electrons. The fraction of sp³-hybridized carbons (Fsp3) is 0.583. The van der Waals surface area contributed by atoms with Crippen molar-refractivity contribution in [1.29, 1.82) is 5.26 Å². The van der Waals surface area contributed by atoms with Crippen molar-refractivity contribution in [3.05, 3.63) is 45.8 Å². The summed E-state index contributed by atoms with van der Waals surface area (Å²) in [5.41, 5.74) is -1.26. The van der Waals surface area contributed by atoms with E-state index in [1.807, 2.05) is 57.4 Å². The SMILES string of the molecule is CC(C)(C)OC(=O)CCOCCCN1CCC[C@H]1COc1nc(N2CC3CCC(C2)N3C(=O)OC(C)(C)C)c2cc(Cl)c(-c3ccc(F)c4s[c-]c(C#N)c34)c(F)c2n1.CC(C)(C)O[C-]=O.[Au]. The first-order valence-corrected chi connectivity index (χ1v) is 23.5. The molecule has 369 valence electrons. The molecule has 0 saturated carbocycles. The number of hydrogen-bond acceptors (Lipinski definition) is 14. The molecule has 2 aromatic heterocycles. The van der Waals surface area contributed by atoms with E-state index in [0.29, 0.717) is 37.5 Å². The van der Waals surface area contributed by atoms with Crippen LogP contribution in [0, 0.1) is 28.3 Å². The maximum atomic E-state index is 17.2. The summed E-state index contributed by atoms with van der Waals surface area (Å²) in [4.78, 5) is 50.5. The van der Waals surface area contributed by atoms with Crippen molar-refractivity contribution in [1.82, 2.24) is 19.8 Å². The van der Waals surface area contributed by atoms with Gasteiger partial charge in [-0.3, -0.25) is 31.2 Å². The second kappa shape index (κ2) is 22.5. The summed E-state index contributed by atoms with van der Waals surface area (Å²) in [6, 6.07) is 6.05. The molecule has 3 aliphatic rings. The smallest absolute Gasteiger partial charge is 0.410 e. The molecule has 3 fully saturated rings. The zero-order valence-corrected chi connectivity index (χ0v) is 43.2. The minimum absolute atomic E-state index is 0. The number of hydrogen-bond donors (Lipinski definition) is 0. The monoisotopic (exact) mass is 1150 g/mol. The van der Waals surface area contributed by atoms with Crippen LogP contribution in [-0.2, 0) is 50.9 Å². The van der Waals surface area contributed by atoms with Crippen molar-refractivity contribution >= 4 is 68.3 Å². The summed E-state index contributed by atoms with van der Waals surface area (Å²) < 4.78 is 59.9. The number of carbonyl (C=O) groups excluding carboxylic acids is 3. The topological polar surface area (TPSA) is 157 Å². The van der Waals surface area contributed by atoms with Gasteiger partial charge in [-0.1, -0.05) is 40.6 Å². The van der Waals surface area contributed by atoms with Crippen molar-refractivity contribution in [2.45, 2.75) is 136 Å². The number of nitriles is 1. The number of piperazine rings is 1. The Bertz CT molecular complexity index is 2440. The van der Waals surface area contributed by atoms with E-state index < -0.39 is 22.8 Å². The van der Waals surface area contributed by atoms with Gasteiger partial charge in [0, 0.05) is 65.6 Å². The molecule has 2 unspecified atom stereocenters. The number of amides is 1. The number of ether oxygens (including phenoxy) is 5. The Kier molecular flexibility index (Phi) is 18.1. The summed E-state index contributed by atoms with van der Waals surface area (Å²) >= 11 is 7.88. The molecule has 19 heteroatoms. The van der Waals surface area contributed by atoms with Gasteiger partial charge in [0.2, 0.25) is 0 Å². The number of likely N-dealkylation sites (tertiary alicyclic amines) is 1. The Hall–Kier alpha value is -4.15. The van der Waals surface area contributed by atoms with Gasteiger partial charge in [0.15, 0.2) is 5.82 Å². The normalized spacial score (nSPS) is 18.5. The number of esters is 1. The molecule has 5 heterocycles. The van der Waals surface area contributed by atoms with Crippen LogP contribution in [0.4, 0.5) is 19.4 Å². The Morgan fingerprint density at radius 1 is 0.985 bits per heavy atom. The zero-order valence-electron chi connectivity index (χ0n) is 39.4. The fourth-order valence-electron chi connectivity index (χ4n) is 8.44. The second-order valence-electron chi connectivity index (χ2n) is 19.7. The van der Waals surface area contributed by atoms with E-state index in [4.69, 9.17) is 35.5 Å². The molecule has 1 amide bonds. The molecule has 3 atom stereocenters. The number of halogens is 3. The first kappa shape index (κ1) is 53.8. The number of nitrogens with zero attached hydrogens (tertiary/aromatic N) is 6. The van der Waals surface area contributed by atoms with Crippen LogP contribution in [0.15, 0.2) is 18.2 Å². The van der Waals surface area contributed by atoms with E-state index in [-0.39, 0.29) is 115 Å². The first-order chi connectivity index (χ1) is 31.1. The molecule has 7 rings (SSSR count). The van der Waals surface area contributed by atoms with E-state index >= 15 is 4.39 Å². The number of benzene rings is 2. The first-order valence-electron chi connectivity index (χ1n) is 22.3. The van der Waals surface area contributed by atoms with E-state index in [1.54, 1.807) is 26.8 Å². The van der Waals surface area contributed by atoms with Gasteiger partial charge in [0.05, 0.1) is 41.6 Å². The van der Waals surface area contributed by atoms with Gasteiger partial charge in [-0.15, -0.1) is 5.39 Å². The van der Waals surface area contributed by atoms with Crippen LogP contribution >= 0.6 is 22.9 Å². The summed E-state index contributed by atoms with van der Waals surface area (Å²) in [6.07, 6.45) is 4.03. The molecule has 4 aromatic rings. The Balaban J connectivity index is 0.000000973. The zero-order chi connectivity index (χ0) is 48.1. The van der Waals surface area contributed by atoms with Gasteiger partial charge in [0.1, 0.15) is 29.1 Å². The third-order valence-corrected chi connectivity index (χ3v) is 12.3. The molecule has 3 saturated heterocycles. The number of aromatic nitrogens is 2. The van der Waals surface area contributed by atoms with E-state index in [2.05, 4.69) is 20.0 Å². The number of anilines is 1. The molecular formula is C48H59AuClF2N6O8S-2. The van der Waals surface area contributed by atoms with Crippen molar-refractivity contribution in [2.24, 2.45) is 0 Å². The van der Waals surface area contributed by atoms with Crippen molar-refractivity contribution in [2.75, 3.05) is 50.9 Å². The average molecular weight is 1150 g/mol. The van der Waals surface area contributed by atoms with Crippen molar-refractivity contribution < 1.29 is 69.2 Å². The number of carbonyl (C=O) groups is 2. The predicted molar refractivity (Wildman–Crippen MR) is 248 cm³/mol. The summed E-state index contributed by atoms with van der Waals surface area (Å²) in [5, 5.41) is 13.3. The van der Waals surface area contributed by atoms with Gasteiger partial charge in [-0.25, -0.2) is 13.6 Å². The minimum Gasteiger partial charge on any atom is -0.649 e. The number of thiophene rings is 1. The van der Waals surface area contributed by atoms with Gasteiger partial charge in [-0.05, 0) is 124 Å². The van der Waals surface area contributed by atoms with E-state index in [9.17, 15) is 24.0 Å². The van der Waals surface area contributed by atoms with Gasteiger partial charge in [0.25, 0.3) is 0 Å². The van der Waals surface area contributed by atoms with Crippen molar-refractivity contribution in [3.8, 4) is 23.2 Å². The Morgan fingerprint density at radius 3 is 2.28 bits per heavy atom. The summed E-state index contributed by atoms with van der Waals surface area (Å²) in [7, 11) is 0. The van der Waals surface area contributed by atoms with Crippen LogP contribution in [-0.4, -0.2) is 119 Å². The third kappa shape index (κ3) is 13.8. The van der Waals surface area contributed by atoms with Crippen LogP contribution in [0.5, 0.6) is 6.01 Å². The van der Waals surface area contributed by atoms with Crippen LogP contribution < -0.4 is 9.64 Å². The average Bonchev–Trinajstić information content (AvgIpc) is 3.93. The standard InChI is InChI=1S/C43H50ClF2N6O6S.C5H9O2.Au/c1-42(2,3)57-33(53)14-18-55-17-8-16-50-15-7-9-28(50)23-56-40-48-37-30(39(49-40)51-21-26-10-11-27(22-51)52(26)41(54)58-43(4,5)6)19-31(44)35(36(37)46)29-12-13-32(45)38-34(29)25(20-47)24-59-38;1-5(2,3)7-4-6;/h12-13,19,26-28H,7-11,14-18,21-23H2,1-6H3;1-3H3;/q2*-1;/t26?,27?,28-;;/m0../s1. The molecule has 2 bridgehead atoms. The van der Waals surface area contributed by atoms with Gasteiger partial charge >= 0.3 is 18.1 Å². The molecule has 0 spiro atoms. The van der Waals surface area contributed by atoms with Crippen LogP contribution in [0.25, 0.3) is 32.1 Å².